The van der Waals surface area contributed by atoms with Crippen molar-refractivity contribution >= 4 is 44.7 Å². The van der Waals surface area contributed by atoms with E-state index in [-0.39, 0.29) is 11.9 Å². The fourth-order valence-electron chi connectivity index (χ4n) is 2.47. The third kappa shape index (κ3) is 3.06. The van der Waals surface area contributed by atoms with Crippen molar-refractivity contribution in [1.29, 1.82) is 0 Å². The summed E-state index contributed by atoms with van der Waals surface area (Å²) in [4.78, 5) is 13.9. The van der Waals surface area contributed by atoms with Crippen LogP contribution in [0.1, 0.15) is 24.8 Å². The average molecular weight is 342 g/mol. The number of thiocarbonyl (C=S) groups is 1. The first-order valence-corrected chi connectivity index (χ1v) is 7.36. The Hall–Kier alpha value is -1.14. The first kappa shape index (κ1) is 14.3. The molecule has 1 aromatic rings. The molecule has 4 nitrogen and oxygen atoms in total. The number of halogens is 1. The van der Waals surface area contributed by atoms with Gasteiger partial charge in [0.1, 0.15) is 11.0 Å². The molecule has 19 heavy (non-hydrogen) atoms. The Morgan fingerprint density at radius 2 is 2.11 bits per heavy atom. The maximum Gasteiger partial charge on any atom is 0.240 e. The molecule has 1 heterocycles. The minimum absolute atomic E-state index is 0.275. The van der Waals surface area contributed by atoms with Crippen LogP contribution in [0.2, 0.25) is 0 Å². The molecule has 2 rings (SSSR count). The molecule has 0 radical (unpaired) electrons. The first-order valence-electron chi connectivity index (χ1n) is 6.16. The van der Waals surface area contributed by atoms with Gasteiger partial charge in [-0.05, 0) is 37.5 Å². The number of hydrogen-bond acceptors (Lipinski definition) is 3. The van der Waals surface area contributed by atoms with Crippen LogP contribution >= 0.6 is 28.1 Å². The fourth-order valence-corrected chi connectivity index (χ4v) is 3.00. The van der Waals surface area contributed by atoms with Gasteiger partial charge in [0.05, 0.1) is 0 Å². The molecule has 102 valence electrons. The van der Waals surface area contributed by atoms with Crippen molar-refractivity contribution in [3.8, 4) is 0 Å². The van der Waals surface area contributed by atoms with Crippen LogP contribution in [0.4, 0.5) is 5.69 Å². The van der Waals surface area contributed by atoms with E-state index in [4.69, 9.17) is 23.7 Å². The summed E-state index contributed by atoms with van der Waals surface area (Å²) in [6, 6.07) is 5.46. The third-order valence-corrected chi connectivity index (χ3v) is 4.08. The molecular formula is C13H16BrN3OS. The van der Waals surface area contributed by atoms with Crippen LogP contribution in [-0.4, -0.2) is 23.5 Å². The number of anilines is 1. The summed E-state index contributed by atoms with van der Waals surface area (Å²) in [7, 11) is 0. The van der Waals surface area contributed by atoms with E-state index < -0.39 is 0 Å². The molecule has 0 bridgehead atoms. The molecule has 1 unspecified atom stereocenters. The summed E-state index contributed by atoms with van der Waals surface area (Å²) in [5.41, 5.74) is 12.9. The van der Waals surface area contributed by atoms with Gasteiger partial charge in [-0.25, -0.2) is 0 Å². The molecule has 0 aromatic heterocycles. The van der Waals surface area contributed by atoms with E-state index in [1.54, 1.807) is 0 Å². The minimum atomic E-state index is -0.295. The van der Waals surface area contributed by atoms with Gasteiger partial charge in [0.2, 0.25) is 5.91 Å². The number of nitrogens with zero attached hydrogens (tertiary/aromatic N) is 1. The summed E-state index contributed by atoms with van der Waals surface area (Å²) in [5, 5.41) is 0. The highest BCUT2D eigenvalue weighted by atomic mass is 79.9. The summed E-state index contributed by atoms with van der Waals surface area (Å²) in [5.74, 6) is -0.295. The fraction of sp³-hybridized carbons (Fsp3) is 0.385. The molecule has 1 aromatic carbocycles. The molecule has 1 saturated heterocycles. The minimum Gasteiger partial charge on any atom is -0.389 e. The highest BCUT2D eigenvalue weighted by Crippen LogP contribution is 2.30. The summed E-state index contributed by atoms with van der Waals surface area (Å²) < 4.78 is 0.909. The molecule has 6 heteroatoms. The number of rotatable bonds is 3. The highest BCUT2D eigenvalue weighted by Gasteiger charge is 2.28. The second-order valence-electron chi connectivity index (χ2n) is 4.63. The van der Waals surface area contributed by atoms with Gasteiger partial charge in [0.15, 0.2) is 0 Å². The Morgan fingerprint density at radius 1 is 1.37 bits per heavy atom. The molecule has 1 fully saturated rings. The van der Waals surface area contributed by atoms with Gasteiger partial charge in [-0.3, -0.25) is 4.79 Å². The lowest BCUT2D eigenvalue weighted by Crippen LogP contribution is -2.48. The van der Waals surface area contributed by atoms with E-state index in [0.29, 0.717) is 4.99 Å². The Bertz CT molecular complexity index is 521. The Labute approximate surface area is 126 Å². The van der Waals surface area contributed by atoms with Crippen LogP contribution in [0, 0.1) is 0 Å². The Balaban J connectivity index is 2.44. The summed E-state index contributed by atoms with van der Waals surface area (Å²) in [6.45, 7) is 0.796. The Kier molecular flexibility index (Phi) is 4.42. The first-order chi connectivity index (χ1) is 9.00. The third-order valence-electron chi connectivity index (χ3n) is 3.36. The number of carbonyl (C=O) groups is 1. The number of hydrogen-bond donors (Lipinski definition) is 2. The molecule has 4 N–H and O–H groups in total. The second-order valence-corrected chi connectivity index (χ2v) is 5.99. The van der Waals surface area contributed by atoms with Gasteiger partial charge in [0.25, 0.3) is 0 Å². The number of carbonyl (C=O) groups excluding carboxylic acids is 1. The second kappa shape index (κ2) is 5.88. The van der Waals surface area contributed by atoms with Crippen molar-refractivity contribution < 1.29 is 4.79 Å². The van der Waals surface area contributed by atoms with Gasteiger partial charge in [-0.15, -0.1) is 0 Å². The topological polar surface area (TPSA) is 72.4 Å². The normalized spacial score (nSPS) is 19.2. The monoisotopic (exact) mass is 341 g/mol. The summed E-state index contributed by atoms with van der Waals surface area (Å²) in [6.07, 6.45) is 2.84. The van der Waals surface area contributed by atoms with Gasteiger partial charge >= 0.3 is 0 Å². The van der Waals surface area contributed by atoms with Crippen molar-refractivity contribution in [3.63, 3.8) is 0 Å². The predicted molar refractivity (Wildman–Crippen MR) is 84.2 cm³/mol. The molecular weight excluding hydrogens is 326 g/mol. The van der Waals surface area contributed by atoms with E-state index in [9.17, 15) is 4.79 Å². The van der Waals surface area contributed by atoms with E-state index in [1.807, 2.05) is 23.1 Å². The quantitative estimate of drug-likeness (QED) is 0.824. The lowest BCUT2D eigenvalue weighted by atomic mass is 9.99. The van der Waals surface area contributed by atoms with Crippen molar-refractivity contribution in [2.45, 2.75) is 25.3 Å². The van der Waals surface area contributed by atoms with Crippen LogP contribution in [-0.2, 0) is 4.79 Å². The number of benzene rings is 1. The van der Waals surface area contributed by atoms with Crippen LogP contribution in [0.15, 0.2) is 22.7 Å². The molecule has 1 aliphatic rings. The highest BCUT2D eigenvalue weighted by molar-refractivity contribution is 9.10. The predicted octanol–water partition coefficient (Wildman–Crippen LogP) is 1.93. The lowest BCUT2D eigenvalue weighted by molar-refractivity contribution is -0.119. The van der Waals surface area contributed by atoms with Crippen LogP contribution in [0.25, 0.3) is 0 Å². The maximum absolute atomic E-state index is 11.6. The zero-order valence-electron chi connectivity index (χ0n) is 10.4. The van der Waals surface area contributed by atoms with Gasteiger partial charge in [-0.1, -0.05) is 28.1 Å². The average Bonchev–Trinajstić information content (AvgIpc) is 2.38. The van der Waals surface area contributed by atoms with E-state index in [0.717, 1.165) is 41.5 Å². The maximum atomic E-state index is 11.6. The largest absolute Gasteiger partial charge is 0.389 e. The smallest absolute Gasteiger partial charge is 0.240 e. The zero-order chi connectivity index (χ0) is 14.0. The van der Waals surface area contributed by atoms with Crippen LogP contribution < -0.4 is 16.4 Å². The van der Waals surface area contributed by atoms with Gasteiger partial charge in [-0.2, -0.15) is 0 Å². The lowest BCUT2D eigenvalue weighted by Gasteiger charge is -2.36. The van der Waals surface area contributed by atoms with Crippen LogP contribution in [0.5, 0.6) is 0 Å². The van der Waals surface area contributed by atoms with Crippen molar-refractivity contribution in [2.24, 2.45) is 11.5 Å². The van der Waals surface area contributed by atoms with E-state index in [1.165, 1.54) is 0 Å². The van der Waals surface area contributed by atoms with Crippen molar-refractivity contribution in [3.05, 3.63) is 28.2 Å². The molecule has 1 atom stereocenters. The number of piperidine rings is 1. The molecule has 1 amide bonds. The molecule has 0 aliphatic carbocycles. The van der Waals surface area contributed by atoms with Gasteiger partial charge < -0.3 is 16.4 Å². The molecule has 1 aliphatic heterocycles. The van der Waals surface area contributed by atoms with Gasteiger partial charge in [0, 0.05) is 22.3 Å². The van der Waals surface area contributed by atoms with Crippen molar-refractivity contribution in [2.75, 3.05) is 11.4 Å². The van der Waals surface area contributed by atoms with Crippen LogP contribution in [0.3, 0.4) is 0 Å². The number of primary amides is 1. The zero-order valence-corrected chi connectivity index (χ0v) is 12.8. The van der Waals surface area contributed by atoms with Crippen molar-refractivity contribution in [1.82, 2.24) is 0 Å². The van der Waals surface area contributed by atoms with E-state index >= 15 is 0 Å². The van der Waals surface area contributed by atoms with E-state index in [2.05, 4.69) is 15.9 Å². The standard InChI is InChI=1S/C13H16BrN3OS/c14-8-4-5-10(9(7-8)13(16)19)17-6-2-1-3-11(17)12(15)18/h4-5,7,11H,1-3,6H2,(H2,15,18)(H2,16,19). The number of amides is 1. The summed E-state index contributed by atoms with van der Waals surface area (Å²) >= 11 is 8.50. The SMILES string of the molecule is NC(=O)C1CCCCN1c1ccc(Br)cc1C(N)=S. The number of nitrogens with two attached hydrogens (primary N) is 2. The molecule has 0 saturated carbocycles. The molecule has 0 spiro atoms. The Morgan fingerprint density at radius 3 is 2.74 bits per heavy atom.